The van der Waals surface area contributed by atoms with Gasteiger partial charge in [0.2, 0.25) is 0 Å². The van der Waals surface area contributed by atoms with Crippen LogP contribution in [0.3, 0.4) is 0 Å². The van der Waals surface area contributed by atoms with E-state index in [-0.39, 0.29) is 0 Å². The summed E-state index contributed by atoms with van der Waals surface area (Å²) in [6.45, 7) is 6.29. The van der Waals surface area contributed by atoms with Crippen LogP contribution in [0.5, 0.6) is 0 Å². The Labute approximate surface area is 118 Å². The van der Waals surface area contributed by atoms with Gasteiger partial charge >= 0.3 is 0 Å². The van der Waals surface area contributed by atoms with Crippen molar-refractivity contribution in [3.8, 4) is 0 Å². The molecule has 1 saturated carbocycles. The Hall–Kier alpha value is -0.860. The van der Waals surface area contributed by atoms with Crippen molar-refractivity contribution < 1.29 is 0 Å². The van der Waals surface area contributed by atoms with Gasteiger partial charge in [-0.1, -0.05) is 38.0 Å². The van der Waals surface area contributed by atoms with E-state index < -0.39 is 0 Å². The lowest BCUT2D eigenvalue weighted by molar-refractivity contribution is 0.157. The number of benzene rings is 1. The first-order valence-electron chi connectivity index (χ1n) is 7.59. The zero-order valence-corrected chi connectivity index (χ0v) is 12.7. The van der Waals surface area contributed by atoms with E-state index in [2.05, 4.69) is 44.0 Å². The van der Waals surface area contributed by atoms with Crippen molar-refractivity contribution in [3.63, 3.8) is 0 Å². The minimum absolute atomic E-state index is 0.636. The maximum absolute atomic E-state index is 5.69. The van der Waals surface area contributed by atoms with Crippen LogP contribution in [0.2, 0.25) is 0 Å². The third-order valence-corrected chi connectivity index (χ3v) is 4.59. The first-order chi connectivity index (χ1) is 9.10. The van der Waals surface area contributed by atoms with Gasteiger partial charge in [-0.2, -0.15) is 0 Å². The molecule has 2 N–H and O–H groups in total. The minimum atomic E-state index is 0.636. The molecule has 0 radical (unpaired) electrons. The fraction of sp³-hybridized carbons (Fsp3) is 0.647. The van der Waals surface area contributed by atoms with Crippen LogP contribution in [0, 0.1) is 12.8 Å². The third kappa shape index (κ3) is 3.80. The summed E-state index contributed by atoms with van der Waals surface area (Å²) < 4.78 is 0. The molecule has 1 aliphatic carbocycles. The third-order valence-electron chi connectivity index (χ3n) is 4.59. The molecule has 0 amide bonds. The van der Waals surface area contributed by atoms with E-state index in [1.807, 2.05) is 0 Å². The van der Waals surface area contributed by atoms with Gasteiger partial charge in [0.05, 0.1) is 0 Å². The highest BCUT2D eigenvalue weighted by molar-refractivity contribution is 5.31. The van der Waals surface area contributed by atoms with Crippen LogP contribution in [0.4, 0.5) is 0 Å². The maximum Gasteiger partial charge on any atom is 0.0236 e. The topological polar surface area (TPSA) is 29.3 Å². The molecule has 0 saturated heterocycles. The van der Waals surface area contributed by atoms with Crippen LogP contribution in [0.25, 0.3) is 0 Å². The van der Waals surface area contributed by atoms with E-state index in [0.29, 0.717) is 6.54 Å². The quantitative estimate of drug-likeness (QED) is 0.898. The molecule has 2 rings (SSSR count). The van der Waals surface area contributed by atoms with Crippen molar-refractivity contribution in [2.45, 2.75) is 58.7 Å². The van der Waals surface area contributed by atoms with E-state index in [9.17, 15) is 0 Å². The lowest BCUT2D eigenvalue weighted by atomic mass is 9.86. The van der Waals surface area contributed by atoms with Crippen LogP contribution in [-0.2, 0) is 13.1 Å². The second kappa shape index (κ2) is 6.53. The van der Waals surface area contributed by atoms with Crippen LogP contribution in [0.1, 0.15) is 49.3 Å². The number of rotatable bonds is 4. The Bertz CT molecular complexity index is 414. The van der Waals surface area contributed by atoms with Gasteiger partial charge in [0.25, 0.3) is 0 Å². The largest absolute Gasteiger partial charge is 0.326 e. The van der Waals surface area contributed by atoms with Gasteiger partial charge in [-0.25, -0.2) is 0 Å². The maximum atomic E-state index is 5.69. The number of hydrogen-bond donors (Lipinski definition) is 1. The molecule has 2 atom stereocenters. The summed E-state index contributed by atoms with van der Waals surface area (Å²) in [5.41, 5.74) is 9.74. The standard InChI is InChI=1S/C17H28N2/c1-13-5-4-6-17(9-13)19(3)12-16-8-7-15(11-18)10-14(16)2/h7-8,10,13,17H,4-6,9,11-12,18H2,1-3H3. The van der Waals surface area contributed by atoms with Crippen molar-refractivity contribution >= 4 is 0 Å². The number of nitrogens with zero attached hydrogens (tertiary/aromatic N) is 1. The van der Waals surface area contributed by atoms with E-state index in [0.717, 1.165) is 18.5 Å². The van der Waals surface area contributed by atoms with Gasteiger partial charge in [-0.3, -0.25) is 4.90 Å². The van der Waals surface area contributed by atoms with Gasteiger partial charge in [-0.05, 0) is 49.4 Å². The van der Waals surface area contributed by atoms with Crippen LogP contribution in [0.15, 0.2) is 18.2 Å². The normalized spacial score (nSPS) is 23.8. The Morgan fingerprint density at radius 2 is 2.11 bits per heavy atom. The summed E-state index contributed by atoms with van der Waals surface area (Å²) in [4.78, 5) is 2.54. The summed E-state index contributed by atoms with van der Waals surface area (Å²) in [5.74, 6) is 0.891. The lowest BCUT2D eigenvalue weighted by Crippen LogP contribution is -2.35. The van der Waals surface area contributed by atoms with Crippen molar-refractivity contribution in [2.24, 2.45) is 11.7 Å². The van der Waals surface area contributed by atoms with E-state index in [1.54, 1.807) is 0 Å². The SMILES string of the molecule is Cc1cc(CN)ccc1CN(C)C1CCCC(C)C1. The summed E-state index contributed by atoms with van der Waals surface area (Å²) >= 11 is 0. The van der Waals surface area contributed by atoms with Crippen LogP contribution >= 0.6 is 0 Å². The fourth-order valence-electron chi connectivity index (χ4n) is 3.26. The molecular formula is C17H28N2. The molecule has 1 aliphatic rings. The average molecular weight is 260 g/mol. The number of nitrogens with two attached hydrogens (primary N) is 1. The van der Waals surface area contributed by atoms with Crippen LogP contribution in [-0.4, -0.2) is 18.0 Å². The highest BCUT2D eigenvalue weighted by Gasteiger charge is 2.22. The Morgan fingerprint density at radius 1 is 1.32 bits per heavy atom. The monoisotopic (exact) mass is 260 g/mol. The van der Waals surface area contributed by atoms with Gasteiger partial charge < -0.3 is 5.73 Å². The smallest absolute Gasteiger partial charge is 0.0236 e. The van der Waals surface area contributed by atoms with Crippen LogP contribution < -0.4 is 5.73 Å². The molecule has 2 unspecified atom stereocenters. The molecule has 2 heteroatoms. The molecule has 1 aromatic carbocycles. The highest BCUT2D eigenvalue weighted by Crippen LogP contribution is 2.27. The van der Waals surface area contributed by atoms with Crippen molar-refractivity contribution in [2.75, 3.05) is 7.05 Å². The van der Waals surface area contributed by atoms with Gasteiger partial charge in [0.15, 0.2) is 0 Å². The van der Waals surface area contributed by atoms with Gasteiger partial charge in [0.1, 0.15) is 0 Å². The molecule has 106 valence electrons. The Kier molecular flexibility index (Phi) is 5.00. The van der Waals surface area contributed by atoms with E-state index in [1.165, 1.54) is 42.4 Å². The first kappa shape index (κ1) is 14.5. The van der Waals surface area contributed by atoms with E-state index >= 15 is 0 Å². The average Bonchev–Trinajstić information content (AvgIpc) is 2.41. The zero-order valence-electron chi connectivity index (χ0n) is 12.7. The summed E-state index contributed by atoms with van der Waals surface area (Å²) in [6, 6.07) is 7.41. The van der Waals surface area contributed by atoms with Gasteiger partial charge in [-0.15, -0.1) is 0 Å². The summed E-state index contributed by atoms with van der Waals surface area (Å²) in [5, 5.41) is 0. The molecule has 19 heavy (non-hydrogen) atoms. The Morgan fingerprint density at radius 3 is 2.74 bits per heavy atom. The second-order valence-corrected chi connectivity index (χ2v) is 6.31. The molecule has 0 bridgehead atoms. The van der Waals surface area contributed by atoms with Crippen molar-refractivity contribution in [3.05, 3.63) is 34.9 Å². The summed E-state index contributed by atoms with van der Waals surface area (Å²) in [6.07, 6.45) is 5.52. The van der Waals surface area contributed by atoms with Gasteiger partial charge in [0, 0.05) is 19.1 Å². The van der Waals surface area contributed by atoms with E-state index in [4.69, 9.17) is 5.73 Å². The first-order valence-corrected chi connectivity index (χ1v) is 7.59. The molecule has 0 heterocycles. The Balaban J connectivity index is 2.00. The molecule has 1 aromatic rings. The fourth-order valence-corrected chi connectivity index (χ4v) is 3.26. The highest BCUT2D eigenvalue weighted by atomic mass is 15.1. The molecule has 0 aliphatic heterocycles. The second-order valence-electron chi connectivity index (χ2n) is 6.31. The molecule has 1 fully saturated rings. The van der Waals surface area contributed by atoms with Crippen molar-refractivity contribution in [1.82, 2.24) is 4.90 Å². The molecule has 0 aromatic heterocycles. The zero-order chi connectivity index (χ0) is 13.8. The minimum Gasteiger partial charge on any atom is -0.326 e. The number of aryl methyl sites for hydroxylation is 1. The predicted octanol–water partition coefficient (Wildman–Crippen LogP) is 3.46. The molecule has 0 spiro atoms. The lowest BCUT2D eigenvalue weighted by Gasteiger charge is -2.34. The number of hydrogen-bond acceptors (Lipinski definition) is 2. The van der Waals surface area contributed by atoms with Crippen molar-refractivity contribution in [1.29, 1.82) is 0 Å². The molecule has 2 nitrogen and oxygen atoms in total. The predicted molar refractivity (Wildman–Crippen MR) is 82.0 cm³/mol. The summed E-state index contributed by atoms with van der Waals surface area (Å²) in [7, 11) is 2.28. The molecular weight excluding hydrogens is 232 g/mol.